The lowest BCUT2D eigenvalue weighted by molar-refractivity contribution is 0.250. The lowest BCUT2D eigenvalue weighted by Crippen LogP contribution is -2.20. The maximum absolute atomic E-state index is 14.7. The first-order valence-corrected chi connectivity index (χ1v) is 13.2. The molecule has 0 fully saturated rings. The smallest absolute Gasteiger partial charge is 0.225 e. The molecule has 0 unspecified atom stereocenters. The number of benzene rings is 1. The van der Waals surface area contributed by atoms with E-state index < -0.39 is 40.4 Å². The molecular weight excluding hydrogens is 532 g/mol. The van der Waals surface area contributed by atoms with Gasteiger partial charge in [0.15, 0.2) is 23.3 Å². The molecule has 1 aliphatic rings. The second-order valence-electron chi connectivity index (χ2n) is 9.59. The van der Waals surface area contributed by atoms with Crippen LogP contribution in [0.2, 0.25) is 0 Å². The SMILES string of the molecule is Cc1nc(N[C@H](C)c2c(F)c(F)c(C)c(F)c2F)nc(N[C@H]2C=C[C@@H](CO)C2)c1-c1nc2c(C)nccc2s1. The van der Waals surface area contributed by atoms with Gasteiger partial charge in [0, 0.05) is 30.3 Å². The number of hydrogen-bond acceptors (Lipinski definition) is 8. The number of aromatic nitrogens is 4. The number of anilines is 2. The van der Waals surface area contributed by atoms with Crippen LogP contribution in [0.25, 0.3) is 20.8 Å². The maximum atomic E-state index is 14.7. The Hall–Kier alpha value is -3.64. The highest BCUT2D eigenvalue weighted by molar-refractivity contribution is 7.21. The average molecular weight is 559 g/mol. The Balaban J connectivity index is 1.56. The zero-order valence-electron chi connectivity index (χ0n) is 21.6. The fraction of sp³-hybridized carbons (Fsp3) is 0.333. The van der Waals surface area contributed by atoms with Crippen molar-refractivity contribution >= 4 is 33.3 Å². The molecule has 5 rings (SSSR count). The molecule has 204 valence electrons. The van der Waals surface area contributed by atoms with Gasteiger partial charge in [-0.15, -0.1) is 11.3 Å². The summed E-state index contributed by atoms with van der Waals surface area (Å²) in [6.07, 6.45) is 6.21. The van der Waals surface area contributed by atoms with Gasteiger partial charge >= 0.3 is 0 Å². The highest BCUT2D eigenvalue weighted by Gasteiger charge is 2.28. The second-order valence-corrected chi connectivity index (χ2v) is 10.6. The van der Waals surface area contributed by atoms with Crippen LogP contribution in [0.3, 0.4) is 0 Å². The maximum Gasteiger partial charge on any atom is 0.225 e. The number of nitrogens with zero attached hydrogens (tertiary/aromatic N) is 4. The molecule has 1 aromatic carbocycles. The molecule has 3 N–H and O–H groups in total. The first-order valence-electron chi connectivity index (χ1n) is 12.3. The fourth-order valence-electron chi connectivity index (χ4n) is 4.68. The third-order valence-electron chi connectivity index (χ3n) is 6.82. The van der Waals surface area contributed by atoms with E-state index >= 15 is 0 Å². The number of pyridine rings is 1. The Kier molecular flexibility index (Phi) is 7.25. The molecular formula is C27H26F4N6OS. The molecule has 0 amide bonds. The number of thiazole rings is 1. The Morgan fingerprint density at radius 2 is 1.72 bits per heavy atom. The number of aryl methyl sites for hydroxylation is 2. The molecule has 0 saturated heterocycles. The van der Waals surface area contributed by atoms with Gasteiger partial charge in [-0.25, -0.2) is 27.5 Å². The van der Waals surface area contributed by atoms with E-state index in [0.717, 1.165) is 22.8 Å². The number of rotatable bonds is 7. The predicted molar refractivity (Wildman–Crippen MR) is 143 cm³/mol. The van der Waals surface area contributed by atoms with Crippen molar-refractivity contribution in [2.24, 2.45) is 5.92 Å². The summed E-state index contributed by atoms with van der Waals surface area (Å²) in [6, 6.07) is 0.529. The molecule has 1 aliphatic carbocycles. The van der Waals surface area contributed by atoms with Crippen LogP contribution >= 0.6 is 11.3 Å². The van der Waals surface area contributed by atoms with Gasteiger partial charge < -0.3 is 15.7 Å². The van der Waals surface area contributed by atoms with Gasteiger partial charge in [0.2, 0.25) is 5.95 Å². The molecule has 0 saturated carbocycles. The van der Waals surface area contributed by atoms with Gasteiger partial charge in [-0.1, -0.05) is 12.2 Å². The summed E-state index contributed by atoms with van der Waals surface area (Å²) in [5.74, 6) is -5.41. The van der Waals surface area contributed by atoms with Crippen molar-refractivity contribution < 1.29 is 22.7 Å². The molecule has 3 heterocycles. The zero-order valence-corrected chi connectivity index (χ0v) is 22.4. The lowest BCUT2D eigenvalue weighted by atomic mass is 10.0. The average Bonchev–Trinajstić information content (AvgIpc) is 3.54. The molecule has 0 spiro atoms. The molecule has 7 nitrogen and oxygen atoms in total. The Labute approximate surface area is 226 Å². The number of aliphatic hydroxyl groups is 1. The number of halogens is 4. The fourth-order valence-corrected chi connectivity index (χ4v) is 5.79. The summed E-state index contributed by atoms with van der Waals surface area (Å²) >= 11 is 1.45. The highest BCUT2D eigenvalue weighted by atomic mass is 32.1. The van der Waals surface area contributed by atoms with E-state index in [2.05, 4.69) is 25.6 Å². The summed E-state index contributed by atoms with van der Waals surface area (Å²) < 4.78 is 58.7. The molecule has 0 bridgehead atoms. The summed E-state index contributed by atoms with van der Waals surface area (Å²) in [4.78, 5) is 18.2. The van der Waals surface area contributed by atoms with Crippen LogP contribution in [0.4, 0.5) is 29.3 Å². The van der Waals surface area contributed by atoms with Crippen molar-refractivity contribution in [1.82, 2.24) is 19.9 Å². The first kappa shape index (κ1) is 26.9. The second kappa shape index (κ2) is 10.5. The normalized spacial score (nSPS) is 17.7. The van der Waals surface area contributed by atoms with Crippen LogP contribution in [0.5, 0.6) is 0 Å². The van der Waals surface area contributed by atoms with E-state index in [1.54, 1.807) is 13.1 Å². The summed E-state index contributed by atoms with van der Waals surface area (Å²) in [5.41, 5.74) is 1.19. The largest absolute Gasteiger partial charge is 0.396 e. The highest BCUT2D eigenvalue weighted by Crippen LogP contribution is 2.38. The molecule has 3 aromatic heterocycles. The van der Waals surface area contributed by atoms with Crippen molar-refractivity contribution in [1.29, 1.82) is 0 Å². The minimum absolute atomic E-state index is 0.0000396. The van der Waals surface area contributed by atoms with Crippen LogP contribution in [-0.2, 0) is 0 Å². The van der Waals surface area contributed by atoms with Crippen molar-refractivity contribution in [3.05, 3.63) is 70.2 Å². The monoisotopic (exact) mass is 558 g/mol. The summed E-state index contributed by atoms with van der Waals surface area (Å²) in [7, 11) is 0. The van der Waals surface area contributed by atoms with Crippen molar-refractivity contribution in [3.8, 4) is 10.6 Å². The number of hydrogen-bond donors (Lipinski definition) is 3. The third kappa shape index (κ3) is 4.94. The van der Waals surface area contributed by atoms with Crippen molar-refractivity contribution in [2.75, 3.05) is 17.2 Å². The number of fused-ring (bicyclic) bond motifs is 1. The predicted octanol–water partition coefficient (Wildman–Crippen LogP) is 6.15. The van der Waals surface area contributed by atoms with Gasteiger partial charge in [0.25, 0.3) is 0 Å². The van der Waals surface area contributed by atoms with Gasteiger partial charge in [-0.2, -0.15) is 4.98 Å². The minimum atomic E-state index is -1.47. The van der Waals surface area contributed by atoms with Crippen LogP contribution in [0, 0.1) is 50.0 Å². The number of nitrogens with one attached hydrogen (secondary N) is 2. The third-order valence-corrected chi connectivity index (χ3v) is 7.86. The molecule has 0 radical (unpaired) electrons. The van der Waals surface area contributed by atoms with Crippen LogP contribution in [0.15, 0.2) is 24.4 Å². The van der Waals surface area contributed by atoms with E-state index in [1.807, 2.05) is 25.1 Å². The zero-order chi connectivity index (χ0) is 28.0. The summed E-state index contributed by atoms with van der Waals surface area (Å²) in [6.45, 7) is 5.98. The number of aliphatic hydroxyl groups excluding tert-OH is 1. The van der Waals surface area contributed by atoms with E-state index in [4.69, 9.17) is 4.98 Å². The Bertz CT molecular complexity index is 1580. The van der Waals surface area contributed by atoms with Crippen LogP contribution in [-0.4, -0.2) is 37.7 Å². The Morgan fingerprint density at radius 3 is 2.36 bits per heavy atom. The standard InChI is InChI=1S/C27H26F4N6OS/c1-11-20(28)22(30)18(23(31)21(11)29)12(2)33-27-34-13(3)19(25(37-27)35-16-6-5-15(9-16)10-38)26-36-24-14(4)32-8-7-17(24)39-26/h5-8,12,15-16,38H,9-10H2,1-4H3,(H2,33,34,35,37)/t12-,15-,16+/m1/s1. The van der Waals surface area contributed by atoms with Crippen LogP contribution in [0.1, 0.15) is 41.9 Å². The molecule has 3 atom stereocenters. The molecule has 0 aliphatic heterocycles. The first-order chi connectivity index (χ1) is 18.6. The lowest BCUT2D eigenvalue weighted by Gasteiger charge is -2.21. The molecule has 12 heteroatoms. The van der Waals surface area contributed by atoms with E-state index in [-0.39, 0.29) is 24.5 Å². The van der Waals surface area contributed by atoms with Gasteiger partial charge in [0.1, 0.15) is 16.3 Å². The van der Waals surface area contributed by atoms with E-state index in [1.165, 1.54) is 18.3 Å². The van der Waals surface area contributed by atoms with Crippen LogP contribution < -0.4 is 10.6 Å². The quantitative estimate of drug-likeness (QED) is 0.142. The summed E-state index contributed by atoms with van der Waals surface area (Å²) in [5, 5.41) is 16.4. The topological polar surface area (TPSA) is 95.9 Å². The van der Waals surface area contributed by atoms with Crippen molar-refractivity contribution in [2.45, 2.75) is 46.2 Å². The van der Waals surface area contributed by atoms with E-state index in [9.17, 15) is 22.7 Å². The minimum Gasteiger partial charge on any atom is -0.396 e. The Morgan fingerprint density at radius 1 is 1.00 bits per heavy atom. The van der Waals surface area contributed by atoms with Crippen molar-refractivity contribution in [3.63, 3.8) is 0 Å². The van der Waals surface area contributed by atoms with E-state index in [0.29, 0.717) is 28.5 Å². The van der Waals surface area contributed by atoms with Gasteiger partial charge in [-0.3, -0.25) is 4.98 Å². The van der Waals surface area contributed by atoms with Gasteiger partial charge in [-0.05, 0) is 40.2 Å². The molecule has 4 aromatic rings. The molecule has 39 heavy (non-hydrogen) atoms. The van der Waals surface area contributed by atoms with Gasteiger partial charge in [0.05, 0.1) is 33.3 Å².